The second-order valence-electron chi connectivity index (χ2n) is 6.97. The van der Waals surface area contributed by atoms with Crippen LogP contribution < -0.4 is 10.9 Å². The molecule has 144 valence electrons. The largest absolute Gasteiger partial charge is 0.322 e. The summed E-state index contributed by atoms with van der Waals surface area (Å²) in [7, 11) is 0. The fourth-order valence-electron chi connectivity index (χ4n) is 3.21. The van der Waals surface area contributed by atoms with E-state index in [4.69, 9.17) is 0 Å². The highest BCUT2D eigenvalue weighted by molar-refractivity contribution is 6.04. The van der Waals surface area contributed by atoms with E-state index < -0.39 is 0 Å². The number of amides is 1. The maximum atomic E-state index is 12.9. The molecule has 0 aliphatic rings. The monoisotopic (exact) mass is 384 g/mol. The van der Waals surface area contributed by atoms with Gasteiger partial charge in [0.1, 0.15) is 5.82 Å². The van der Waals surface area contributed by atoms with Crippen molar-refractivity contribution in [1.29, 1.82) is 0 Å². The molecule has 0 radical (unpaired) electrons. The molecule has 0 saturated heterocycles. The van der Waals surface area contributed by atoms with Gasteiger partial charge in [0.2, 0.25) is 0 Å². The van der Waals surface area contributed by atoms with E-state index in [1.54, 1.807) is 54.1 Å². The molecule has 2 aromatic heterocycles. The molecule has 2 heterocycles. The van der Waals surface area contributed by atoms with Crippen molar-refractivity contribution in [3.05, 3.63) is 93.7 Å². The van der Waals surface area contributed by atoms with E-state index in [-0.39, 0.29) is 11.5 Å². The van der Waals surface area contributed by atoms with Crippen molar-refractivity contribution >= 4 is 22.6 Å². The fraction of sp³-hybridized carbons (Fsp3) is 0.130. The van der Waals surface area contributed by atoms with Crippen LogP contribution in [0.1, 0.15) is 27.3 Å². The first-order valence-corrected chi connectivity index (χ1v) is 9.27. The van der Waals surface area contributed by atoms with Gasteiger partial charge in [-0.3, -0.25) is 14.2 Å². The van der Waals surface area contributed by atoms with Gasteiger partial charge in [0.05, 0.1) is 11.1 Å². The predicted molar refractivity (Wildman–Crippen MR) is 114 cm³/mol. The number of fused-ring (bicyclic) bond motifs is 1. The van der Waals surface area contributed by atoms with Crippen LogP contribution in [0.25, 0.3) is 16.7 Å². The third-order valence-corrected chi connectivity index (χ3v) is 4.96. The molecule has 0 unspecified atom stereocenters. The average Bonchev–Trinajstić information content (AvgIpc) is 2.71. The van der Waals surface area contributed by atoms with Crippen LogP contribution in [0.15, 0.2) is 65.6 Å². The van der Waals surface area contributed by atoms with Crippen molar-refractivity contribution in [2.24, 2.45) is 0 Å². The zero-order valence-electron chi connectivity index (χ0n) is 16.4. The first-order chi connectivity index (χ1) is 13.9. The first kappa shape index (κ1) is 18.6. The summed E-state index contributed by atoms with van der Waals surface area (Å²) in [6.45, 7) is 5.76. The van der Waals surface area contributed by atoms with Crippen molar-refractivity contribution in [3.63, 3.8) is 0 Å². The van der Waals surface area contributed by atoms with Crippen molar-refractivity contribution in [2.45, 2.75) is 20.8 Å². The van der Waals surface area contributed by atoms with E-state index in [0.29, 0.717) is 33.8 Å². The third kappa shape index (κ3) is 3.52. The van der Waals surface area contributed by atoms with Gasteiger partial charge >= 0.3 is 0 Å². The fourth-order valence-corrected chi connectivity index (χ4v) is 3.21. The number of hydrogen-bond acceptors (Lipinski definition) is 4. The summed E-state index contributed by atoms with van der Waals surface area (Å²) in [6.07, 6.45) is 1.62. The number of aromatic nitrogens is 3. The number of carbonyl (C=O) groups is 1. The summed E-state index contributed by atoms with van der Waals surface area (Å²) >= 11 is 0. The Labute approximate surface area is 167 Å². The average molecular weight is 384 g/mol. The molecule has 1 N–H and O–H groups in total. The Morgan fingerprint density at radius 1 is 0.966 bits per heavy atom. The number of carbonyl (C=O) groups excluding carboxylic acids is 1. The maximum absolute atomic E-state index is 12.9. The molecule has 0 atom stereocenters. The highest BCUT2D eigenvalue weighted by Gasteiger charge is 2.11. The molecular formula is C23H20N4O2. The van der Waals surface area contributed by atoms with Crippen LogP contribution in [0.3, 0.4) is 0 Å². The summed E-state index contributed by atoms with van der Waals surface area (Å²) in [6, 6.07) is 16.2. The van der Waals surface area contributed by atoms with Crippen molar-refractivity contribution < 1.29 is 4.79 Å². The summed E-state index contributed by atoms with van der Waals surface area (Å²) in [5.41, 5.74) is 4.41. The molecule has 6 heteroatoms. The molecule has 0 aliphatic carbocycles. The number of nitrogens with zero attached hydrogens (tertiary/aromatic N) is 3. The van der Waals surface area contributed by atoms with Gasteiger partial charge in [-0.05, 0) is 80.4 Å². The molecule has 0 spiro atoms. The Bertz CT molecular complexity index is 1290. The van der Waals surface area contributed by atoms with Gasteiger partial charge in [0, 0.05) is 17.4 Å². The minimum atomic E-state index is -0.174. The Morgan fingerprint density at radius 3 is 2.45 bits per heavy atom. The molecule has 6 nitrogen and oxygen atoms in total. The number of anilines is 1. The van der Waals surface area contributed by atoms with Crippen molar-refractivity contribution in [1.82, 2.24) is 14.5 Å². The van der Waals surface area contributed by atoms with Crippen molar-refractivity contribution in [3.8, 4) is 5.69 Å². The standard InChI is InChI=1S/C23H20N4O2/c1-14-6-7-17(13-15(14)2)22(28)26-18-8-10-19(11-9-18)27-16(3)25-21-20(23(27)29)5-4-12-24-21/h4-13H,1-3H3,(H,26,28). The van der Waals surface area contributed by atoms with E-state index >= 15 is 0 Å². The van der Waals surface area contributed by atoms with Gasteiger partial charge in [-0.25, -0.2) is 9.97 Å². The van der Waals surface area contributed by atoms with Gasteiger partial charge in [0.15, 0.2) is 5.65 Å². The van der Waals surface area contributed by atoms with Crippen LogP contribution in [0, 0.1) is 20.8 Å². The lowest BCUT2D eigenvalue weighted by Gasteiger charge is -2.12. The van der Waals surface area contributed by atoms with Crippen LogP contribution in [0.5, 0.6) is 0 Å². The van der Waals surface area contributed by atoms with Crippen LogP contribution in [-0.2, 0) is 0 Å². The van der Waals surface area contributed by atoms with E-state index in [2.05, 4.69) is 15.3 Å². The molecule has 0 bridgehead atoms. The van der Waals surface area contributed by atoms with Crippen LogP contribution >= 0.6 is 0 Å². The summed E-state index contributed by atoms with van der Waals surface area (Å²) in [4.78, 5) is 33.9. The molecule has 4 rings (SSSR count). The van der Waals surface area contributed by atoms with Gasteiger partial charge in [-0.1, -0.05) is 6.07 Å². The summed E-state index contributed by atoms with van der Waals surface area (Å²) in [5.74, 6) is 0.376. The Kier molecular flexibility index (Phi) is 4.68. The lowest BCUT2D eigenvalue weighted by Crippen LogP contribution is -2.22. The van der Waals surface area contributed by atoms with E-state index in [1.807, 2.05) is 32.0 Å². The minimum Gasteiger partial charge on any atom is -0.322 e. The molecule has 4 aromatic rings. The van der Waals surface area contributed by atoms with Gasteiger partial charge < -0.3 is 5.32 Å². The Hall–Kier alpha value is -3.80. The highest BCUT2D eigenvalue weighted by Crippen LogP contribution is 2.17. The summed E-state index contributed by atoms with van der Waals surface area (Å²) < 4.78 is 1.54. The number of pyridine rings is 1. The number of nitrogens with one attached hydrogen (secondary N) is 1. The molecule has 2 aromatic carbocycles. The maximum Gasteiger partial charge on any atom is 0.267 e. The quantitative estimate of drug-likeness (QED) is 0.580. The number of hydrogen-bond donors (Lipinski definition) is 1. The Morgan fingerprint density at radius 2 is 1.72 bits per heavy atom. The van der Waals surface area contributed by atoms with Crippen LogP contribution in [0.4, 0.5) is 5.69 Å². The number of benzene rings is 2. The van der Waals surface area contributed by atoms with Gasteiger partial charge in [-0.15, -0.1) is 0 Å². The first-order valence-electron chi connectivity index (χ1n) is 9.27. The normalized spacial score (nSPS) is 10.9. The second-order valence-corrected chi connectivity index (χ2v) is 6.97. The van der Waals surface area contributed by atoms with E-state index in [9.17, 15) is 9.59 Å². The lowest BCUT2D eigenvalue weighted by atomic mass is 10.1. The summed E-state index contributed by atoms with van der Waals surface area (Å²) in [5, 5.41) is 3.35. The predicted octanol–water partition coefficient (Wildman–Crippen LogP) is 3.96. The van der Waals surface area contributed by atoms with Crippen molar-refractivity contribution in [2.75, 3.05) is 5.32 Å². The minimum absolute atomic E-state index is 0.173. The topological polar surface area (TPSA) is 76.9 Å². The molecule has 0 fully saturated rings. The van der Waals surface area contributed by atoms with Crippen LogP contribution in [-0.4, -0.2) is 20.4 Å². The lowest BCUT2D eigenvalue weighted by molar-refractivity contribution is 0.102. The third-order valence-electron chi connectivity index (χ3n) is 4.96. The molecule has 1 amide bonds. The highest BCUT2D eigenvalue weighted by atomic mass is 16.1. The molecule has 0 aliphatic heterocycles. The Balaban J connectivity index is 1.63. The van der Waals surface area contributed by atoms with E-state index in [1.165, 1.54) is 0 Å². The van der Waals surface area contributed by atoms with Gasteiger partial charge in [0.25, 0.3) is 11.5 Å². The number of rotatable bonds is 3. The smallest absolute Gasteiger partial charge is 0.267 e. The molecule has 29 heavy (non-hydrogen) atoms. The molecular weight excluding hydrogens is 364 g/mol. The second kappa shape index (κ2) is 7.31. The zero-order chi connectivity index (χ0) is 20.5. The van der Waals surface area contributed by atoms with Gasteiger partial charge in [-0.2, -0.15) is 0 Å². The SMILES string of the molecule is Cc1ccc(C(=O)Nc2ccc(-n3c(C)nc4ncccc4c3=O)cc2)cc1C. The zero-order valence-corrected chi connectivity index (χ0v) is 16.4. The van der Waals surface area contributed by atoms with E-state index in [0.717, 1.165) is 11.1 Å². The number of aryl methyl sites for hydroxylation is 3. The molecule has 0 saturated carbocycles. The van der Waals surface area contributed by atoms with Crippen LogP contribution in [0.2, 0.25) is 0 Å².